The summed E-state index contributed by atoms with van der Waals surface area (Å²) in [5.41, 5.74) is 3.31. The first-order valence-electron chi connectivity index (χ1n) is 10.2. The maximum absolute atomic E-state index is 13.9. The second-order valence-corrected chi connectivity index (χ2v) is 8.94. The molecule has 0 radical (unpaired) electrons. The minimum atomic E-state index is -1.40. The molecule has 1 atom stereocenters. The zero-order chi connectivity index (χ0) is 23.0. The number of nitrogens with one attached hydrogen (secondary N) is 1. The van der Waals surface area contributed by atoms with E-state index in [4.69, 9.17) is 4.74 Å². The number of rotatable bonds is 4. The van der Waals surface area contributed by atoms with Gasteiger partial charge in [-0.25, -0.2) is 0 Å². The number of carbonyl (C=O) groups is 3. The van der Waals surface area contributed by atoms with Crippen molar-refractivity contribution >= 4 is 40.3 Å². The SMILES string of the molecule is CC(=O)NC1=NN(C(C)=O)[C@]2(S1)C(=O)N(CCOc1ccccc1)c1c(C)cc(C)cc12. The molecule has 0 fully saturated rings. The Labute approximate surface area is 190 Å². The van der Waals surface area contributed by atoms with Crippen molar-refractivity contribution in [2.45, 2.75) is 32.6 Å². The van der Waals surface area contributed by atoms with Crippen molar-refractivity contribution in [2.75, 3.05) is 18.1 Å². The highest BCUT2D eigenvalue weighted by atomic mass is 32.2. The molecule has 2 aliphatic rings. The quantitative estimate of drug-likeness (QED) is 0.770. The molecule has 0 saturated heterocycles. The predicted octanol–water partition coefficient (Wildman–Crippen LogP) is 2.88. The minimum Gasteiger partial charge on any atom is -0.492 e. The lowest BCUT2D eigenvalue weighted by atomic mass is 10.0. The van der Waals surface area contributed by atoms with Crippen LogP contribution in [0.5, 0.6) is 5.75 Å². The van der Waals surface area contributed by atoms with Gasteiger partial charge in [-0.1, -0.05) is 35.9 Å². The fourth-order valence-corrected chi connectivity index (χ4v) is 5.44. The number of nitrogens with zero attached hydrogens (tertiary/aromatic N) is 3. The van der Waals surface area contributed by atoms with Gasteiger partial charge in [0.05, 0.1) is 12.2 Å². The molecule has 3 amide bonds. The molecule has 0 unspecified atom stereocenters. The number of ether oxygens (including phenoxy) is 1. The maximum Gasteiger partial charge on any atom is 0.270 e. The van der Waals surface area contributed by atoms with Crippen LogP contribution < -0.4 is 15.0 Å². The van der Waals surface area contributed by atoms with Crippen LogP contribution in [-0.4, -0.2) is 41.0 Å². The van der Waals surface area contributed by atoms with Crippen LogP contribution in [0.25, 0.3) is 0 Å². The van der Waals surface area contributed by atoms with Crippen LogP contribution in [0.4, 0.5) is 5.69 Å². The molecule has 2 aromatic carbocycles. The number of hydrogen-bond donors (Lipinski definition) is 1. The molecule has 9 heteroatoms. The van der Waals surface area contributed by atoms with Gasteiger partial charge in [0, 0.05) is 19.4 Å². The van der Waals surface area contributed by atoms with Crippen LogP contribution in [0, 0.1) is 13.8 Å². The second-order valence-electron chi connectivity index (χ2n) is 7.76. The van der Waals surface area contributed by atoms with Crippen molar-refractivity contribution in [3.05, 3.63) is 59.2 Å². The largest absolute Gasteiger partial charge is 0.492 e. The smallest absolute Gasteiger partial charge is 0.270 e. The molecule has 1 spiro atoms. The number of benzene rings is 2. The van der Waals surface area contributed by atoms with Crippen molar-refractivity contribution in [3.63, 3.8) is 0 Å². The number of anilines is 1. The molecule has 2 heterocycles. The standard InChI is InChI=1S/C23H24N4O4S/c1-14-12-15(2)20-19(13-14)23(27(17(4)29)25-22(32-23)24-16(3)28)21(30)26(20)10-11-31-18-8-6-5-7-9-18/h5-9,12-13H,10-11H2,1-4H3,(H,24,25,28)/t23-/m1/s1. The summed E-state index contributed by atoms with van der Waals surface area (Å²) in [7, 11) is 0. The Balaban J connectivity index is 1.72. The Morgan fingerprint density at radius 1 is 1.16 bits per heavy atom. The minimum absolute atomic E-state index is 0.216. The lowest BCUT2D eigenvalue weighted by molar-refractivity contribution is -0.139. The summed E-state index contributed by atoms with van der Waals surface area (Å²) in [6.07, 6.45) is 0. The number of hydrogen-bond acceptors (Lipinski definition) is 6. The first-order valence-corrected chi connectivity index (χ1v) is 11.0. The van der Waals surface area contributed by atoms with E-state index in [9.17, 15) is 14.4 Å². The Morgan fingerprint density at radius 2 is 1.88 bits per heavy atom. The highest BCUT2D eigenvalue weighted by Crippen LogP contribution is 2.55. The Morgan fingerprint density at radius 3 is 2.53 bits per heavy atom. The van der Waals surface area contributed by atoms with E-state index in [0.29, 0.717) is 17.9 Å². The Hall–Kier alpha value is -3.33. The second kappa shape index (κ2) is 8.31. The molecular formula is C23H24N4O4S. The van der Waals surface area contributed by atoms with Crippen LogP contribution in [-0.2, 0) is 19.3 Å². The normalized spacial score (nSPS) is 19.2. The summed E-state index contributed by atoms with van der Waals surface area (Å²) in [6.45, 7) is 7.19. The summed E-state index contributed by atoms with van der Waals surface area (Å²) in [6, 6.07) is 13.3. The van der Waals surface area contributed by atoms with Gasteiger partial charge in [-0.15, -0.1) is 5.10 Å². The Bertz CT molecular complexity index is 1130. The third kappa shape index (κ3) is 3.62. The van der Waals surface area contributed by atoms with Gasteiger partial charge in [0.15, 0.2) is 5.17 Å². The van der Waals surface area contributed by atoms with Gasteiger partial charge in [-0.2, -0.15) is 5.01 Å². The number of amides is 3. The lowest BCUT2D eigenvalue weighted by Gasteiger charge is -2.29. The van der Waals surface area contributed by atoms with Crippen LogP contribution in [0.15, 0.2) is 47.6 Å². The first-order chi connectivity index (χ1) is 15.2. The van der Waals surface area contributed by atoms with Crippen LogP contribution in [0.2, 0.25) is 0 Å². The van der Waals surface area contributed by atoms with Gasteiger partial charge in [-0.3, -0.25) is 14.4 Å². The Kier molecular flexibility index (Phi) is 5.68. The molecule has 4 rings (SSSR count). The van der Waals surface area contributed by atoms with Crippen molar-refractivity contribution in [1.29, 1.82) is 0 Å². The number of para-hydroxylation sites is 1. The van der Waals surface area contributed by atoms with Crippen LogP contribution >= 0.6 is 11.8 Å². The van der Waals surface area contributed by atoms with Gasteiger partial charge >= 0.3 is 0 Å². The number of fused-ring (bicyclic) bond motifs is 2. The zero-order valence-electron chi connectivity index (χ0n) is 18.3. The number of hydrazone groups is 1. The van der Waals surface area contributed by atoms with E-state index < -0.39 is 10.8 Å². The molecular weight excluding hydrogens is 428 g/mol. The highest BCUT2D eigenvalue weighted by molar-refractivity contribution is 8.15. The van der Waals surface area contributed by atoms with Crippen LogP contribution in [0.3, 0.4) is 0 Å². The molecule has 0 aromatic heterocycles. The van der Waals surface area contributed by atoms with E-state index >= 15 is 0 Å². The van der Waals surface area contributed by atoms with Gasteiger partial charge in [-0.05, 0) is 43.3 Å². The van der Waals surface area contributed by atoms with Gasteiger partial charge in [0.2, 0.25) is 16.7 Å². The molecule has 8 nitrogen and oxygen atoms in total. The highest BCUT2D eigenvalue weighted by Gasteiger charge is 2.61. The topological polar surface area (TPSA) is 91.3 Å². The zero-order valence-corrected chi connectivity index (χ0v) is 19.2. The molecule has 166 valence electrons. The predicted molar refractivity (Wildman–Crippen MR) is 123 cm³/mol. The number of aryl methyl sites for hydroxylation is 2. The maximum atomic E-state index is 13.9. The van der Waals surface area contributed by atoms with Crippen molar-refractivity contribution in [3.8, 4) is 5.75 Å². The molecule has 32 heavy (non-hydrogen) atoms. The van der Waals surface area contributed by atoms with Crippen molar-refractivity contribution in [2.24, 2.45) is 5.10 Å². The summed E-state index contributed by atoms with van der Waals surface area (Å²) in [4.78, 5) is 38.4. The monoisotopic (exact) mass is 452 g/mol. The van der Waals surface area contributed by atoms with Gasteiger partial charge < -0.3 is 15.0 Å². The summed E-state index contributed by atoms with van der Waals surface area (Å²) >= 11 is 1.08. The number of thioether (sulfide) groups is 1. The fraction of sp³-hybridized carbons (Fsp3) is 0.304. The van der Waals surface area contributed by atoms with Gasteiger partial charge in [0.1, 0.15) is 12.4 Å². The van der Waals surface area contributed by atoms with E-state index in [0.717, 1.165) is 28.6 Å². The fourth-order valence-electron chi connectivity index (χ4n) is 4.12. The first kappa shape index (κ1) is 21.9. The summed E-state index contributed by atoms with van der Waals surface area (Å²) in [5, 5.41) is 8.31. The van der Waals surface area contributed by atoms with E-state index in [2.05, 4.69) is 10.4 Å². The number of amidine groups is 1. The molecule has 0 bridgehead atoms. The average molecular weight is 453 g/mol. The van der Waals surface area contributed by atoms with E-state index in [1.807, 2.05) is 56.3 Å². The summed E-state index contributed by atoms with van der Waals surface area (Å²) < 4.78 is 5.83. The third-order valence-corrected chi connectivity index (χ3v) is 6.50. The molecule has 2 aromatic rings. The third-order valence-electron chi connectivity index (χ3n) is 5.26. The van der Waals surface area contributed by atoms with E-state index in [1.54, 1.807) is 4.90 Å². The molecule has 0 aliphatic carbocycles. The van der Waals surface area contributed by atoms with E-state index in [-0.39, 0.29) is 23.6 Å². The average Bonchev–Trinajstić information content (AvgIpc) is 3.21. The van der Waals surface area contributed by atoms with Crippen molar-refractivity contribution < 1.29 is 19.1 Å². The van der Waals surface area contributed by atoms with Crippen molar-refractivity contribution in [1.82, 2.24) is 10.3 Å². The molecule has 0 saturated carbocycles. The van der Waals surface area contributed by atoms with Gasteiger partial charge in [0.25, 0.3) is 5.91 Å². The summed E-state index contributed by atoms with van der Waals surface area (Å²) in [5.74, 6) is -0.288. The lowest BCUT2D eigenvalue weighted by Crippen LogP contribution is -2.49. The molecule has 2 aliphatic heterocycles. The van der Waals surface area contributed by atoms with Crippen LogP contribution in [0.1, 0.15) is 30.5 Å². The molecule has 1 N–H and O–H groups in total. The number of carbonyl (C=O) groups excluding carboxylic acids is 3. The van der Waals surface area contributed by atoms with E-state index in [1.165, 1.54) is 18.9 Å².